The molecule has 0 spiro atoms. The molecule has 1 N–H and O–H groups in total. The average Bonchev–Trinajstić information content (AvgIpc) is 2.97. The Morgan fingerprint density at radius 1 is 0.810 bits per heavy atom. The normalized spacial score (nSPS) is 14.1. The van der Waals surface area contributed by atoms with Crippen molar-refractivity contribution in [3.63, 3.8) is 0 Å². The predicted octanol–water partition coefficient (Wildman–Crippen LogP) is 5.65. The molecule has 0 atom stereocenters. The molecule has 0 aliphatic carbocycles. The summed E-state index contributed by atoms with van der Waals surface area (Å²) >= 11 is 0. The van der Waals surface area contributed by atoms with Gasteiger partial charge in [0.1, 0.15) is 18.0 Å². The minimum Gasteiger partial charge on any atom is -0.490 e. The first kappa shape index (κ1) is 30.1. The number of carbonyl (C=O) groups is 3. The number of carbonyl (C=O) groups excluding carboxylic acids is 3. The van der Waals surface area contributed by atoms with Crippen molar-refractivity contribution in [3.8, 4) is 23.0 Å². The highest BCUT2D eigenvalue weighted by Crippen LogP contribution is 2.32. The van der Waals surface area contributed by atoms with Gasteiger partial charge in [0.15, 0.2) is 23.0 Å². The summed E-state index contributed by atoms with van der Waals surface area (Å²) < 4.78 is 36.9. The van der Waals surface area contributed by atoms with E-state index in [1.165, 1.54) is 12.1 Å². The quantitative estimate of drug-likeness (QED) is 0.207. The second-order valence-corrected chi connectivity index (χ2v) is 9.29. The molecular weight excluding hydrogens is 543 g/mol. The van der Waals surface area contributed by atoms with Crippen molar-refractivity contribution in [3.05, 3.63) is 88.7 Å². The number of barbiturate groups is 1. The Kier molecular flexibility index (Phi) is 10.1. The number of imide groups is 2. The molecule has 1 aliphatic rings. The molecule has 1 fully saturated rings. The molecule has 10 heteroatoms. The fourth-order valence-electron chi connectivity index (χ4n) is 4.21. The van der Waals surface area contributed by atoms with Crippen LogP contribution in [0, 0.1) is 5.82 Å². The molecular formula is C32H33FN2O7. The number of amides is 4. The van der Waals surface area contributed by atoms with Crippen LogP contribution in [-0.2, 0) is 22.7 Å². The summed E-state index contributed by atoms with van der Waals surface area (Å²) in [5, 5.41) is 2.24. The first-order valence-corrected chi connectivity index (χ1v) is 13.7. The van der Waals surface area contributed by atoms with Crippen molar-refractivity contribution in [1.29, 1.82) is 0 Å². The number of hydrogen-bond acceptors (Lipinski definition) is 7. The third kappa shape index (κ3) is 7.25. The van der Waals surface area contributed by atoms with Crippen molar-refractivity contribution in [1.82, 2.24) is 10.2 Å². The van der Waals surface area contributed by atoms with Crippen molar-refractivity contribution < 1.29 is 37.7 Å². The van der Waals surface area contributed by atoms with E-state index in [4.69, 9.17) is 18.9 Å². The molecule has 1 heterocycles. The van der Waals surface area contributed by atoms with Crippen LogP contribution in [0.5, 0.6) is 23.0 Å². The summed E-state index contributed by atoms with van der Waals surface area (Å²) in [5.41, 5.74) is 1.26. The van der Waals surface area contributed by atoms with E-state index in [0.29, 0.717) is 59.5 Å². The molecule has 1 aliphatic heterocycles. The number of halogens is 1. The molecule has 4 rings (SSSR count). The first-order valence-electron chi connectivity index (χ1n) is 13.7. The van der Waals surface area contributed by atoms with Gasteiger partial charge in [-0.25, -0.2) is 9.18 Å². The number of ether oxygens (including phenoxy) is 4. The van der Waals surface area contributed by atoms with Crippen LogP contribution >= 0.6 is 0 Å². The van der Waals surface area contributed by atoms with E-state index >= 15 is 0 Å². The Hall–Kier alpha value is -4.86. The number of nitrogens with zero attached hydrogens (tertiary/aromatic N) is 1. The molecule has 0 unspecified atom stereocenters. The van der Waals surface area contributed by atoms with Gasteiger partial charge in [-0.05, 0) is 67.8 Å². The van der Waals surface area contributed by atoms with Crippen LogP contribution in [-0.4, -0.2) is 42.6 Å². The van der Waals surface area contributed by atoms with E-state index < -0.39 is 17.8 Å². The fraction of sp³-hybridized carbons (Fsp3) is 0.281. The van der Waals surface area contributed by atoms with Crippen molar-refractivity contribution in [2.24, 2.45) is 0 Å². The van der Waals surface area contributed by atoms with Crippen LogP contribution in [0.1, 0.15) is 43.9 Å². The third-order valence-electron chi connectivity index (χ3n) is 6.22. The average molecular weight is 577 g/mol. The molecule has 1 saturated heterocycles. The van der Waals surface area contributed by atoms with E-state index in [0.717, 1.165) is 11.3 Å². The Bertz CT molecular complexity index is 1490. The standard InChI is InChI=1S/C32H33FN2O7/c1-4-15-41-26-14-12-22(18-29(26)40-6-3)19-35-31(37)24(30(36)34-32(35)38)16-21-11-13-27(28(17-21)39-5-2)42-20-23-9-7-8-10-25(23)33/h7-14,16-18H,4-6,15,19-20H2,1-3H3,(H,34,36,38)/b24-16+. The number of benzene rings is 3. The van der Waals surface area contributed by atoms with Gasteiger partial charge in [0.2, 0.25) is 0 Å². The second-order valence-electron chi connectivity index (χ2n) is 9.29. The Labute approximate surface area is 243 Å². The highest BCUT2D eigenvalue weighted by atomic mass is 19.1. The van der Waals surface area contributed by atoms with Crippen molar-refractivity contribution >= 4 is 23.9 Å². The Morgan fingerprint density at radius 3 is 2.21 bits per heavy atom. The summed E-state index contributed by atoms with van der Waals surface area (Å²) in [6.45, 7) is 6.80. The Balaban J connectivity index is 1.56. The second kappa shape index (κ2) is 14.2. The number of urea groups is 1. The molecule has 4 amide bonds. The highest BCUT2D eigenvalue weighted by molar-refractivity contribution is 6.30. The van der Waals surface area contributed by atoms with Crippen molar-refractivity contribution in [2.75, 3.05) is 19.8 Å². The van der Waals surface area contributed by atoms with Crippen LogP contribution in [0.15, 0.2) is 66.2 Å². The maximum absolute atomic E-state index is 14.0. The minimum absolute atomic E-state index is 0.0120. The largest absolute Gasteiger partial charge is 0.490 e. The summed E-state index contributed by atoms with van der Waals surface area (Å²) in [7, 11) is 0. The van der Waals surface area contributed by atoms with Gasteiger partial charge in [-0.1, -0.05) is 37.3 Å². The van der Waals surface area contributed by atoms with E-state index in [1.54, 1.807) is 61.5 Å². The maximum atomic E-state index is 14.0. The van der Waals surface area contributed by atoms with Crippen molar-refractivity contribution in [2.45, 2.75) is 40.3 Å². The van der Waals surface area contributed by atoms with E-state index in [1.807, 2.05) is 13.8 Å². The Morgan fingerprint density at radius 2 is 1.50 bits per heavy atom. The van der Waals surface area contributed by atoms with Crippen LogP contribution in [0.2, 0.25) is 0 Å². The van der Waals surface area contributed by atoms with Gasteiger partial charge < -0.3 is 18.9 Å². The first-order chi connectivity index (χ1) is 20.3. The van der Waals surface area contributed by atoms with Gasteiger partial charge in [0.25, 0.3) is 11.8 Å². The number of rotatable bonds is 13. The fourth-order valence-corrected chi connectivity index (χ4v) is 4.21. The molecule has 0 aromatic heterocycles. The smallest absolute Gasteiger partial charge is 0.331 e. The lowest BCUT2D eigenvalue weighted by Gasteiger charge is -2.26. The zero-order valence-corrected chi connectivity index (χ0v) is 23.8. The SMILES string of the molecule is CCCOc1ccc(CN2C(=O)NC(=O)/C(=C\c3ccc(OCc4ccccc4F)c(OCC)c3)C2=O)cc1OCC. The summed E-state index contributed by atoms with van der Waals surface area (Å²) in [4.78, 5) is 39.7. The monoisotopic (exact) mass is 576 g/mol. The molecule has 42 heavy (non-hydrogen) atoms. The zero-order chi connectivity index (χ0) is 30.1. The molecule has 0 saturated carbocycles. The zero-order valence-electron chi connectivity index (χ0n) is 23.8. The highest BCUT2D eigenvalue weighted by Gasteiger charge is 2.36. The maximum Gasteiger partial charge on any atom is 0.331 e. The van der Waals surface area contributed by atoms with Crippen LogP contribution in [0.3, 0.4) is 0 Å². The lowest BCUT2D eigenvalue weighted by Crippen LogP contribution is -2.53. The molecule has 3 aromatic carbocycles. The molecule has 220 valence electrons. The molecule has 0 bridgehead atoms. The van der Waals surface area contributed by atoms with E-state index in [9.17, 15) is 18.8 Å². The van der Waals surface area contributed by atoms with Crippen LogP contribution in [0.25, 0.3) is 6.08 Å². The predicted molar refractivity (Wildman–Crippen MR) is 154 cm³/mol. The summed E-state index contributed by atoms with van der Waals surface area (Å²) in [6.07, 6.45) is 2.21. The van der Waals surface area contributed by atoms with Gasteiger partial charge in [-0.3, -0.25) is 19.8 Å². The lowest BCUT2D eigenvalue weighted by atomic mass is 10.1. The topological polar surface area (TPSA) is 103 Å². The van der Waals surface area contributed by atoms with Gasteiger partial charge >= 0.3 is 6.03 Å². The van der Waals surface area contributed by atoms with Gasteiger partial charge in [0.05, 0.1) is 26.4 Å². The number of hydrogen-bond donors (Lipinski definition) is 1. The van der Waals surface area contributed by atoms with E-state index in [-0.39, 0.29) is 24.5 Å². The van der Waals surface area contributed by atoms with Crippen LogP contribution in [0.4, 0.5) is 9.18 Å². The molecule has 3 aromatic rings. The summed E-state index contributed by atoms with van der Waals surface area (Å²) in [6, 6.07) is 15.5. The van der Waals surface area contributed by atoms with Gasteiger partial charge in [-0.15, -0.1) is 0 Å². The summed E-state index contributed by atoms with van der Waals surface area (Å²) in [5.74, 6) is -0.139. The third-order valence-corrected chi connectivity index (χ3v) is 6.22. The minimum atomic E-state index is -0.821. The van der Waals surface area contributed by atoms with Crippen LogP contribution < -0.4 is 24.3 Å². The molecule has 0 radical (unpaired) electrons. The lowest BCUT2D eigenvalue weighted by molar-refractivity contribution is -0.130. The number of nitrogens with one attached hydrogen (secondary N) is 1. The molecule has 9 nitrogen and oxygen atoms in total. The van der Waals surface area contributed by atoms with Gasteiger partial charge in [-0.2, -0.15) is 0 Å². The van der Waals surface area contributed by atoms with Gasteiger partial charge in [0, 0.05) is 5.56 Å². The van der Waals surface area contributed by atoms with E-state index in [2.05, 4.69) is 5.32 Å².